The van der Waals surface area contributed by atoms with Crippen LogP contribution in [0.15, 0.2) is 12.1 Å². The Hall–Kier alpha value is -1.95. The van der Waals surface area contributed by atoms with Gasteiger partial charge in [0.2, 0.25) is 0 Å². The Bertz CT molecular complexity index is 533. The van der Waals surface area contributed by atoms with E-state index < -0.39 is 5.97 Å². The van der Waals surface area contributed by atoms with E-state index in [1.807, 2.05) is 19.9 Å². The summed E-state index contributed by atoms with van der Waals surface area (Å²) in [4.78, 5) is 13.4. The zero-order chi connectivity index (χ0) is 13.1. The first-order valence-corrected chi connectivity index (χ1v) is 6.32. The minimum Gasteiger partial charge on any atom is -0.478 e. The van der Waals surface area contributed by atoms with Gasteiger partial charge in [-0.15, -0.1) is 0 Å². The highest BCUT2D eigenvalue weighted by molar-refractivity contribution is 5.96. The lowest BCUT2D eigenvalue weighted by molar-refractivity contribution is 0.0697. The molecule has 1 aromatic rings. The molecule has 0 aromatic heterocycles. The molecule has 3 heteroatoms. The maximum Gasteiger partial charge on any atom is 0.337 e. The first kappa shape index (κ1) is 12.5. The highest BCUT2D eigenvalue weighted by atomic mass is 16.4. The van der Waals surface area contributed by atoms with Crippen molar-refractivity contribution in [1.82, 2.24) is 0 Å². The van der Waals surface area contributed by atoms with Gasteiger partial charge in [0.1, 0.15) is 0 Å². The second-order valence-electron chi connectivity index (χ2n) is 4.28. The molecule has 1 aromatic carbocycles. The zero-order valence-electron chi connectivity index (χ0n) is 10.8. The van der Waals surface area contributed by atoms with E-state index in [4.69, 9.17) is 0 Å². The van der Waals surface area contributed by atoms with Crippen molar-refractivity contribution in [3.63, 3.8) is 0 Å². The third-order valence-electron chi connectivity index (χ3n) is 3.31. The zero-order valence-corrected chi connectivity index (χ0v) is 10.8. The van der Waals surface area contributed by atoms with Gasteiger partial charge >= 0.3 is 5.97 Å². The number of nitrogens with zero attached hydrogens (tertiary/aromatic N) is 1. The Morgan fingerprint density at radius 3 is 2.72 bits per heavy atom. The van der Waals surface area contributed by atoms with Gasteiger partial charge in [0.25, 0.3) is 0 Å². The van der Waals surface area contributed by atoms with E-state index in [0.717, 1.165) is 37.2 Å². The number of fused-ring (bicyclic) bond motifs is 1. The predicted molar refractivity (Wildman–Crippen MR) is 72.2 cm³/mol. The third kappa shape index (κ3) is 2.06. The smallest absolute Gasteiger partial charge is 0.337 e. The quantitative estimate of drug-likeness (QED) is 0.826. The molecule has 1 N–H and O–H groups in total. The van der Waals surface area contributed by atoms with Crippen LogP contribution >= 0.6 is 0 Å². The fraction of sp³-hybridized carbons (Fsp3) is 0.400. The Balaban J connectivity index is 2.67. The monoisotopic (exact) mass is 243 g/mol. The van der Waals surface area contributed by atoms with E-state index in [2.05, 4.69) is 16.7 Å². The highest BCUT2D eigenvalue weighted by Crippen LogP contribution is 2.30. The van der Waals surface area contributed by atoms with Gasteiger partial charge in [-0.2, -0.15) is 0 Å². The van der Waals surface area contributed by atoms with Gasteiger partial charge in [0.05, 0.1) is 16.8 Å². The van der Waals surface area contributed by atoms with Crippen LogP contribution in [0, 0.1) is 11.8 Å². The second-order valence-corrected chi connectivity index (χ2v) is 4.28. The van der Waals surface area contributed by atoms with E-state index >= 15 is 0 Å². The highest BCUT2D eigenvalue weighted by Gasteiger charge is 2.21. The van der Waals surface area contributed by atoms with Crippen molar-refractivity contribution in [3.8, 4) is 11.8 Å². The van der Waals surface area contributed by atoms with Crippen LogP contribution in [-0.4, -0.2) is 24.2 Å². The molecule has 0 heterocycles. The van der Waals surface area contributed by atoms with Crippen LogP contribution in [0.4, 0.5) is 5.69 Å². The molecule has 0 saturated carbocycles. The number of rotatable bonds is 4. The van der Waals surface area contributed by atoms with Crippen LogP contribution in [0.5, 0.6) is 0 Å². The molecular formula is C15H17NO2. The number of carboxylic acids is 1. The van der Waals surface area contributed by atoms with Crippen molar-refractivity contribution in [3.05, 3.63) is 28.8 Å². The van der Waals surface area contributed by atoms with Gasteiger partial charge in [0.15, 0.2) is 0 Å². The number of carbonyl (C=O) groups is 1. The summed E-state index contributed by atoms with van der Waals surface area (Å²) < 4.78 is 0. The lowest BCUT2D eigenvalue weighted by atomic mass is 9.94. The molecule has 3 nitrogen and oxygen atoms in total. The summed E-state index contributed by atoms with van der Waals surface area (Å²) in [6, 6.07) is 3.61. The molecule has 94 valence electrons. The number of benzene rings is 1. The lowest BCUT2D eigenvalue weighted by Gasteiger charge is -2.26. The Labute approximate surface area is 107 Å². The molecule has 2 rings (SSSR count). The number of aromatic carboxylic acids is 1. The average Bonchev–Trinajstić information content (AvgIpc) is 2.40. The van der Waals surface area contributed by atoms with Crippen molar-refractivity contribution < 1.29 is 9.90 Å². The predicted octanol–water partition coefficient (Wildman–Crippen LogP) is 2.53. The van der Waals surface area contributed by atoms with E-state index in [1.54, 1.807) is 6.07 Å². The Kier molecular flexibility index (Phi) is 3.57. The largest absolute Gasteiger partial charge is 0.478 e. The van der Waals surface area contributed by atoms with Crippen LogP contribution in [0.25, 0.3) is 0 Å². The molecule has 1 aliphatic rings. The van der Waals surface area contributed by atoms with Crippen LogP contribution < -0.4 is 4.90 Å². The number of aryl methyl sites for hydroxylation is 1. The normalized spacial score (nSPS) is 12.3. The summed E-state index contributed by atoms with van der Waals surface area (Å²) in [7, 11) is 0. The molecule has 0 spiro atoms. The third-order valence-corrected chi connectivity index (χ3v) is 3.31. The first-order valence-electron chi connectivity index (χ1n) is 6.32. The van der Waals surface area contributed by atoms with Crippen molar-refractivity contribution in [2.24, 2.45) is 0 Å². The number of hydrogen-bond donors (Lipinski definition) is 1. The van der Waals surface area contributed by atoms with Crippen LogP contribution in [0.2, 0.25) is 0 Å². The summed E-state index contributed by atoms with van der Waals surface area (Å²) in [6.45, 7) is 5.64. The Morgan fingerprint density at radius 1 is 1.39 bits per heavy atom. The summed E-state index contributed by atoms with van der Waals surface area (Å²) in [5.41, 5.74) is 3.22. The summed E-state index contributed by atoms with van der Waals surface area (Å²) in [5, 5.41) is 9.33. The van der Waals surface area contributed by atoms with E-state index in [0.29, 0.717) is 5.56 Å². The molecule has 0 bridgehead atoms. The molecule has 0 saturated heterocycles. The van der Waals surface area contributed by atoms with Crippen LogP contribution in [0.3, 0.4) is 0 Å². The van der Waals surface area contributed by atoms with Crippen LogP contribution in [0.1, 0.15) is 41.8 Å². The van der Waals surface area contributed by atoms with Gasteiger partial charge < -0.3 is 10.0 Å². The van der Waals surface area contributed by atoms with Crippen molar-refractivity contribution in [2.75, 3.05) is 18.0 Å². The molecule has 0 fully saturated rings. The molecule has 0 amide bonds. The van der Waals surface area contributed by atoms with Crippen LogP contribution in [-0.2, 0) is 6.42 Å². The van der Waals surface area contributed by atoms with E-state index in [1.165, 1.54) is 5.56 Å². The molecule has 0 aliphatic heterocycles. The molecule has 0 radical (unpaired) electrons. The second kappa shape index (κ2) is 5.14. The van der Waals surface area contributed by atoms with Crippen molar-refractivity contribution >= 4 is 11.7 Å². The van der Waals surface area contributed by atoms with E-state index in [9.17, 15) is 9.90 Å². The molecular weight excluding hydrogens is 226 g/mol. The lowest BCUT2D eigenvalue weighted by Crippen LogP contribution is -2.26. The number of carboxylic acid groups (broad SMARTS) is 1. The maximum absolute atomic E-state index is 11.4. The maximum atomic E-state index is 11.4. The van der Waals surface area contributed by atoms with E-state index in [-0.39, 0.29) is 0 Å². The summed E-state index contributed by atoms with van der Waals surface area (Å²) in [5.74, 6) is 5.32. The minimum atomic E-state index is -0.882. The van der Waals surface area contributed by atoms with Gasteiger partial charge in [0, 0.05) is 19.5 Å². The molecule has 0 atom stereocenters. The standard InChI is InChI=1S/C15H17NO2/c1-3-16(4-2)14-12-8-6-5-7-11(12)9-10-13(14)15(17)18/h9-10H,3-5,7H2,1-2H3,(H,17,18). The van der Waals surface area contributed by atoms with Gasteiger partial charge in [-0.1, -0.05) is 17.9 Å². The number of hydrogen-bond acceptors (Lipinski definition) is 2. The molecule has 1 aliphatic carbocycles. The summed E-state index contributed by atoms with van der Waals surface area (Å²) >= 11 is 0. The number of anilines is 1. The van der Waals surface area contributed by atoms with Crippen molar-refractivity contribution in [2.45, 2.75) is 26.7 Å². The van der Waals surface area contributed by atoms with Gasteiger partial charge in [-0.05, 0) is 31.9 Å². The fourth-order valence-electron chi connectivity index (χ4n) is 2.37. The summed E-state index contributed by atoms with van der Waals surface area (Å²) in [6.07, 6.45) is 1.77. The Morgan fingerprint density at radius 2 is 2.11 bits per heavy atom. The fourth-order valence-corrected chi connectivity index (χ4v) is 2.37. The van der Waals surface area contributed by atoms with Gasteiger partial charge in [-0.3, -0.25) is 0 Å². The van der Waals surface area contributed by atoms with Gasteiger partial charge in [-0.25, -0.2) is 4.79 Å². The van der Waals surface area contributed by atoms with Crippen molar-refractivity contribution in [1.29, 1.82) is 0 Å². The molecule has 18 heavy (non-hydrogen) atoms. The molecule has 0 unspecified atom stereocenters. The SMILES string of the molecule is CCN(CC)c1c(C(=O)O)ccc2c1C#CCC2. The average molecular weight is 243 g/mol. The topological polar surface area (TPSA) is 40.5 Å². The minimum absolute atomic E-state index is 0.355. The first-order chi connectivity index (χ1) is 8.69.